The van der Waals surface area contributed by atoms with Gasteiger partial charge in [0.2, 0.25) is 11.9 Å². The van der Waals surface area contributed by atoms with Gasteiger partial charge in [-0.2, -0.15) is 0 Å². The van der Waals surface area contributed by atoms with Crippen molar-refractivity contribution in [1.82, 2.24) is 19.6 Å². The Kier molecular flexibility index (Phi) is 12.6. The first kappa shape index (κ1) is 32.4. The molecule has 0 spiro atoms. The summed E-state index contributed by atoms with van der Waals surface area (Å²) in [6, 6.07) is 12.4. The largest absolute Gasteiger partial charge is 0.480 e. The Bertz CT molecular complexity index is 1180. The van der Waals surface area contributed by atoms with Gasteiger partial charge in [-0.3, -0.25) is 39.2 Å². The van der Waals surface area contributed by atoms with E-state index in [0.29, 0.717) is 58.1 Å². The van der Waals surface area contributed by atoms with E-state index in [1.54, 1.807) is 26.8 Å². The molecule has 0 atom stereocenters. The van der Waals surface area contributed by atoms with Crippen LogP contribution in [0.3, 0.4) is 0 Å². The van der Waals surface area contributed by atoms with Gasteiger partial charge in [0.15, 0.2) is 0 Å². The number of esters is 1. The Labute approximate surface area is 243 Å². The van der Waals surface area contributed by atoms with Crippen molar-refractivity contribution in [2.75, 3.05) is 72.0 Å². The smallest absolute Gasteiger partial charge is 0.344 e. The van der Waals surface area contributed by atoms with E-state index in [2.05, 4.69) is 0 Å². The van der Waals surface area contributed by atoms with Crippen LogP contribution in [0.25, 0.3) is 0 Å². The van der Waals surface area contributed by atoms with E-state index < -0.39 is 23.9 Å². The highest BCUT2D eigenvalue weighted by molar-refractivity contribution is 5.88. The van der Waals surface area contributed by atoms with Crippen LogP contribution in [0, 0.1) is 0 Å². The van der Waals surface area contributed by atoms with Crippen LogP contribution in [-0.4, -0.2) is 136 Å². The van der Waals surface area contributed by atoms with Crippen LogP contribution >= 0.6 is 0 Å². The third kappa shape index (κ3) is 11.4. The van der Waals surface area contributed by atoms with Crippen LogP contribution in [-0.2, 0) is 32.3 Å². The standard InChI is InChI=1S/C28H37N5O9/c34-25(35)18-30-10-8-29(9-11-31(19-26(36)37)13-15-32(14-12-30)20-27(38)39)17-24-7-6-23(16-33(24)41)28(40)42-21-22-4-2-1-3-5-22/h1-7,16H,8-15,17-21H2,(H3-,34,35,36,37,38,39,41)/p+1. The van der Waals surface area contributed by atoms with E-state index in [1.807, 2.05) is 35.2 Å². The van der Waals surface area contributed by atoms with Crippen molar-refractivity contribution in [3.63, 3.8) is 0 Å². The lowest BCUT2D eigenvalue weighted by Crippen LogP contribution is -2.49. The van der Waals surface area contributed by atoms with Gasteiger partial charge in [0.25, 0.3) is 0 Å². The number of hydrogen-bond donors (Lipinski definition) is 4. The third-order valence-electron chi connectivity index (χ3n) is 6.85. The predicted octanol–water partition coefficient (Wildman–Crippen LogP) is -0.456. The van der Waals surface area contributed by atoms with Crippen molar-refractivity contribution in [3.05, 3.63) is 65.5 Å². The van der Waals surface area contributed by atoms with Gasteiger partial charge in [-0.25, -0.2) is 4.79 Å². The molecule has 4 N–H and O–H groups in total. The second-order valence-electron chi connectivity index (χ2n) is 10.1. The number of nitrogens with zero attached hydrogens (tertiary/aromatic N) is 5. The molecule has 1 aromatic heterocycles. The fourth-order valence-corrected chi connectivity index (χ4v) is 4.59. The SMILES string of the molecule is O=C(O)CN1CCN(CC(=O)O)CCN(Cc2ccc(C(=O)OCc3ccccc3)c[n+]2O)CCN(CC(=O)O)CC1. The molecule has 1 fully saturated rings. The van der Waals surface area contributed by atoms with Crippen LogP contribution in [0.5, 0.6) is 0 Å². The molecular weight excluding hydrogens is 550 g/mol. The lowest BCUT2D eigenvalue weighted by molar-refractivity contribution is -0.910. The summed E-state index contributed by atoms with van der Waals surface area (Å²) in [4.78, 5) is 53.9. The van der Waals surface area contributed by atoms with Gasteiger partial charge in [-0.15, -0.1) is 0 Å². The number of rotatable bonds is 11. The van der Waals surface area contributed by atoms with Crippen LogP contribution in [0.1, 0.15) is 21.6 Å². The maximum Gasteiger partial charge on any atom is 0.344 e. The van der Waals surface area contributed by atoms with Crippen molar-refractivity contribution < 1.29 is 49.2 Å². The number of carboxylic acid groups (broad SMARTS) is 3. The highest BCUT2D eigenvalue weighted by Crippen LogP contribution is 2.08. The van der Waals surface area contributed by atoms with E-state index >= 15 is 0 Å². The minimum absolute atomic E-state index is 0.0917. The predicted molar refractivity (Wildman–Crippen MR) is 147 cm³/mol. The molecule has 2 aromatic rings. The summed E-state index contributed by atoms with van der Waals surface area (Å²) in [5, 5.41) is 38.7. The molecule has 2 heterocycles. The summed E-state index contributed by atoms with van der Waals surface area (Å²) < 4.78 is 6.19. The number of aliphatic carboxylic acids is 3. The molecule has 14 nitrogen and oxygen atoms in total. The van der Waals surface area contributed by atoms with Gasteiger partial charge in [0, 0.05) is 63.2 Å². The maximum atomic E-state index is 12.5. The molecule has 42 heavy (non-hydrogen) atoms. The first-order valence-electron chi connectivity index (χ1n) is 13.6. The number of carbonyl (C=O) groups excluding carboxylic acids is 1. The molecule has 0 saturated carbocycles. The van der Waals surface area contributed by atoms with Gasteiger partial charge < -0.3 is 20.1 Å². The number of ether oxygens (including phenoxy) is 1. The highest BCUT2D eigenvalue weighted by atomic mass is 16.5. The van der Waals surface area contributed by atoms with Crippen molar-refractivity contribution in [3.8, 4) is 0 Å². The molecule has 1 aliphatic heterocycles. The third-order valence-corrected chi connectivity index (χ3v) is 6.85. The van der Waals surface area contributed by atoms with Crippen LogP contribution < -0.4 is 4.73 Å². The molecule has 0 bridgehead atoms. The molecule has 0 amide bonds. The minimum atomic E-state index is -1.02. The first-order chi connectivity index (χ1) is 20.1. The van der Waals surface area contributed by atoms with E-state index in [9.17, 15) is 39.7 Å². The normalized spacial score (nSPS) is 16.7. The zero-order valence-electron chi connectivity index (χ0n) is 23.4. The molecule has 1 aromatic carbocycles. The first-order valence-corrected chi connectivity index (χ1v) is 13.6. The molecule has 0 radical (unpaired) electrons. The van der Waals surface area contributed by atoms with Crippen molar-refractivity contribution in [2.45, 2.75) is 13.2 Å². The number of aromatic nitrogens is 1. The number of benzene rings is 1. The van der Waals surface area contributed by atoms with Gasteiger partial charge in [-0.05, 0) is 11.6 Å². The van der Waals surface area contributed by atoms with Gasteiger partial charge in [0.1, 0.15) is 12.2 Å². The summed E-state index contributed by atoms with van der Waals surface area (Å²) in [6.07, 6.45) is 1.27. The molecule has 1 saturated heterocycles. The van der Waals surface area contributed by atoms with Gasteiger partial charge in [0.05, 0.1) is 26.2 Å². The number of carbonyl (C=O) groups is 4. The van der Waals surface area contributed by atoms with E-state index in [-0.39, 0.29) is 38.3 Å². The van der Waals surface area contributed by atoms with Crippen molar-refractivity contribution >= 4 is 23.9 Å². The Hall–Kier alpha value is -4.11. The molecule has 0 aliphatic carbocycles. The van der Waals surface area contributed by atoms with Gasteiger partial charge in [-0.1, -0.05) is 30.3 Å². The average Bonchev–Trinajstić information content (AvgIpc) is 2.93. The summed E-state index contributed by atoms with van der Waals surface area (Å²) in [7, 11) is 0. The van der Waals surface area contributed by atoms with E-state index in [1.165, 1.54) is 6.20 Å². The highest BCUT2D eigenvalue weighted by Gasteiger charge is 2.23. The quantitative estimate of drug-likeness (QED) is 0.151. The Morgan fingerprint density at radius 1 is 0.667 bits per heavy atom. The average molecular weight is 589 g/mol. The van der Waals surface area contributed by atoms with E-state index in [0.717, 1.165) is 10.3 Å². The Balaban J connectivity index is 1.71. The number of pyridine rings is 1. The van der Waals surface area contributed by atoms with Crippen molar-refractivity contribution in [2.24, 2.45) is 0 Å². The zero-order chi connectivity index (χ0) is 30.5. The van der Waals surface area contributed by atoms with Crippen LogP contribution in [0.4, 0.5) is 0 Å². The Morgan fingerprint density at radius 3 is 1.55 bits per heavy atom. The number of carboxylic acids is 3. The number of hydrogen-bond acceptors (Lipinski definition) is 10. The lowest BCUT2D eigenvalue weighted by Gasteiger charge is -2.32. The van der Waals surface area contributed by atoms with Crippen LogP contribution in [0.2, 0.25) is 0 Å². The minimum Gasteiger partial charge on any atom is -0.480 e. The van der Waals surface area contributed by atoms with Crippen LogP contribution in [0.15, 0.2) is 48.7 Å². The molecule has 3 rings (SSSR count). The second-order valence-corrected chi connectivity index (χ2v) is 10.1. The molecule has 0 unspecified atom stereocenters. The summed E-state index contributed by atoms with van der Waals surface area (Å²) in [5.41, 5.74) is 1.46. The van der Waals surface area contributed by atoms with E-state index in [4.69, 9.17) is 4.74 Å². The molecule has 1 aliphatic rings. The summed E-state index contributed by atoms with van der Waals surface area (Å²) >= 11 is 0. The fraction of sp³-hybridized carbons (Fsp3) is 0.464. The Morgan fingerprint density at radius 2 is 1.12 bits per heavy atom. The topological polar surface area (TPSA) is 175 Å². The summed E-state index contributed by atoms with van der Waals surface area (Å²) in [5.74, 6) is -3.62. The molecule has 14 heteroatoms. The maximum absolute atomic E-state index is 12.5. The monoisotopic (exact) mass is 588 g/mol. The molecular formula is C28H38N5O9+. The second kappa shape index (κ2) is 16.4. The fourth-order valence-electron chi connectivity index (χ4n) is 4.59. The lowest BCUT2D eigenvalue weighted by atomic mass is 10.2. The van der Waals surface area contributed by atoms with Crippen molar-refractivity contribution in [1.29, 1.82) is 0 Å². The molecule has 228 valence electrons. The zero-order valence-corrected chi connectivity index (χ0v) is 23.4. The van der Waals surface area contributed by atoms with Gasteiger partial charge >= 0.3 is 23.9 Å². The summed E-state index contributed by atoms with van der Waals surface area (Å²) in [6.45, 7) is 2.37.